The molecule has 1 saturated heterocycles. The van der Waals surface area contributed by atoms with E-state index in [1.165, 1.54) is 0 Å². The van der Waals surface area contributed by atoms with Crippen LogP contribution < -0.4 is 5.32 Å². The van der Waals surface area contributed by atoms with E-state index in [4.69, 9.17) is 4.52 Å². The van der Waals surface area contributed by atoms with Crippen LogP contribution in [0.4, 0.5) is 0 Å². The van der Waals surface area contributed by atoms with E-state index >= 15 is 0 Å². The van der Waals surface area contributed by atoms with Crippen molar-refractivity contribution in [1.82, 2.24) is 10.5 Å². The van der Waals surface area contributed by atoms with Crippen LogP contribution in [0.1, 0.15) is 42.8 Å². The second kappa shape index (κ2) is 3.77. The molecule has 1 aliphatic rings. The Bertz CT molecular complexity index is 364. The quantitative estimate of drug-likeness (QED) is 0.762. The molecule has 4 heteroatoms. The van der Waals surface area contributed by atoms with Crippen LogP contribution in [0.25, 0.3) is 0 Å². The minimum absolute atomic E-state index is 0.0764. The van der Waals surface area contributed by atoms with Gasteiger partial charge in [-0.15, -0.1) is 0 Å². The fourth-order valence-electron chi connectivity index (χ4n) is 2.29. The lowest BCUT2D eigenvalue weighted by Crippen LogP contribution is -2.39. The zero-order valence-electron chi connectivity index (χ0n) is 9.33. The van der Waals surface area contributed by atoms with Crippen molar-refractivity contribution in [3.63, 3.8) is 0 Å². The van der Waals surface area contributed by atoms with Gasteiger partial charge in [-0.2, -0.15) is 0 Å². The Hall–Kier alpha value is -1.16. The van der Waals surface area contributed by atoms with Crippen LogP contribution in [-0.2, 0) is 4.79 Å². The molecule has 2 rings (SSSR count). The van der Waals surface area contributed by atoms with Gasteiger partial charge in [-0.05, 0) is 20.8 Å². The van der Waals surface area contributed by atoms with Crippen molar-refractivity contribution in [3.8, 4) is 0 Å². The Labute approximate surface area is 89.0 Å². The molecule has 1 aliphatic heterocycles. The largest absolute Gasteiger partial charge is 0.361 e. The van der Waals surface area contributed by atoms with Gasteiger partial charge < -0.3 is 9.84 Å². The summed E-state index contributed by atoms with van der Waals surface area (Å²) in [6, 6.07) is 0.317. The molecule has 15 heavy (non-hydrogen) atoms. The molecule has 4 nitrogen and oxygen atoms in total. The topological polar surface area (TPSA) is 55.1 Å². The highest BCUT2D eigenvalue weighted by atomic mass is 16.5. The molecule has 0 amide bonds. The fraction of sp³-hybridized carbons (Fsp3) is 0.636. The van der Waals surface area contributed by atoms with Gasteiger partial charge >= 0.3 is 0 Å². The molecular weight excluding hydrogens is 192 g/mol. The van der Waals surface area contributed by atoms with Gasteiger partial charge in [-0.1, -0.05) is 5.16 Å². The van der Waals surface area contributed by atoms with E-state index in [1.807, 2.05) is 20.8 Å². The van der Waals surface area contributed by atoms with Crippen LogP contribution in [-0.4, -0.2) is 17.0 Å². The van der Waals surface area contributed by atoms with Gasteiger partial charge in [-0.25, -0.2) is 0 Å². The molecule has 0 spiro atoms. The Kier molecular flexibility index (Phi) is 2.61. The Balaban J connectivity index is 2.27. The third-order valence-corrected chi connectivity index (χ3v) is 2.89. The van der Waals surface area contributed by atoms with Crippen LogP contribution >= 0.6 is 0 Å². The van der Waals surface area contributed by atoms with E-state index in [1.54, 1.807) is 0 Å². The maximum atomic E-state index is 11.5. The van der Waals surface area contributed by atoms with Crippen LogP contribution in [0.3, 0.4) is 0 Å². The van der Waals surface area contributed by atoms with Crippen molar-refractivity contribution in [3.05, 3.63) is 17.0 Å². The summed E-state index contributed by atoms with van der Waals surface area (Å²) < 4.78 is 5.12. The molecule has 82 valence electrons. The highest BCUT2D eigenvalue weighted by Crippen LogP contribution is 2.28. The lowest BCUT2D eigenvalue weighted by Gasteiger charge is -2.27. The number of carbonyl (C=O) groups is 1. The minimum Gasteiger partial charge on any atom is -0.361 e. The van der Waals surface area contributed by atoms with Crippen molar-refractivity contribution < 1.29 is 9.32 Å². The van der Waals surface area contributed by atoms with Gasteiger partial charge in [0.05, 0.1) is 5.69 Å². The minimum atomic E-state index is 0.0764. The molecule has 0 radical (unpaired) electrons. The smallest absolute Gasteiger partial charge is 0.138 e. The third kappa shape index (κ3) is 1.95. The first-order chi connectivity index (χ1) is 7.08. The van der Waals surface area contributed by atoms with Gasteiger partial charge in [0.25, 0.3) is 0 Å². The summed E-state index contributed by atoms with van der Waals surface area (Å²) in [7, 11) is 0. The van der Waals surface area contributed by atoms with Gasteiger partial charge in [0.1, 0.15) is 11.5 Å². The summed E-state index contributed by atoms with van der Waals surface area (Å²) >= 11 is 0. The van der Waals surface area contributed by atoms with Crippen molar-refractivity contribution in [2.75, 3.05) is 0 Å². The number of aromatic nitrogens is 1. The lowest BCUT2D eigenvalue weighted by atomic mass is 9.92. The van der Waals surface area contributed by atoms with Crippen molar-refractivity contribution >= 4 is 5.78 Å². The fourth-order valence-corrected chi connectivity index (χ4v) is 2.29. The number of nitrogens with one attached hydrogen (secondary N) is 1. The predicted molar refractivity (Wildman–Crippen MR) is 55.6 cm³/mol. The second-order valence-electron chi connectivity index (χ2n) is 4.31. The SMILES string of the molecule is Cc1noc(C)c1C1CC(=O)CC(C)N1. The standard InChI is InChI=1S/C11H16N2O2/c1-6-4-9(14)5-10(12-6)11-7(2)13-15-8(11)3/h6,10,12H,4-5H2,1-3H3. The summed E-state index contributed by atoms with van der Waals surface area (Å²) in [5.41, 5.74) is 1.93. The van der Waals surface area contributed by atoms with Crippen molar-refractivity contribution in [2.24, 2.45) is 0 Å². The van der Waals surface area contributed by atoms with E-state index < -0.39 is 0 Å². The van der Waals surface area contributed by atoms with Gasteiger partial charge in [0.2, 0.25) is 0 Å². The predicted octanol–water partition coefficient (Wildman–Crippen LogP) is 1.67. The van der Waals surface area contributed by atoms with E-state index in [2.05, 4.69) is 10.5 Å². The highest BCUT2D eigenvalue weighted by Gasteiger charge is 2.28. The number of aryl methyl sites for hydroxylation is 2. The normalized spacial score (nSPS) is 27.0. The molecule has 2 atom stereocenters. The first kappa shape index (κ1) is 10.4. The molecule has 1 aromatic rings. The number of ketones is 1. The van der Waals surface area contributed by atoms with Crippen LogP contribution in [0.15, 0.2) is 4.52 Å². The number of rotatable bonds is 1. The summed E-state index contributed by atoms with van der Waals surface area (Å²) in [6.45, 7) is 5.83. The average Bonchev–Trinajstić information content (AvgIpc) is 2.44. The Morgan fingerprint density at radius 1 is 1.40 bits per heavy atom. The van der Waals surface area contributed by atoms with Crippen LogP contribution in [0.5, 0.6) is 0 Å². The van der Waals surface area contributed by atoms with E-state index in [0.29, 0.717) is 18.6 Å². The Morgan fingerprint density at radius 2 is 2.13 bits per heavy atom. The average molecular weight is 208 g/mol. The third-order valence-electron chi connectivity index (χ3n) is 2.89. The molecule has 0 aromatic carbocycles. The molecule has 0 bridgehead atoms. The van der Waals surface area contributed by atoms with Gasteiger partial charge in [-0.3, -0.25) is 4.79 Å². The molecule has 2 heterocycles. The van der Waals surface area contributed by atoms with Crippen molar-refractivity contribution in [2.45, 2.75) is 45.7 Å². The van der Waals surface area contributed by atoms with Gasteiger partial charge in [0, 0.05) is 30.5 Å². The van der Waals surface area contributed by atoms with Crippen LogP contribution in [0.2, 0.25) is 0 Å². The van der Waals surface area contributed by atoms with Gasteiger partial charge in [0.15, 0.2) is 0 Å². The summed E-state index contributed by atoms with van der Waals surface area (Å²) in [6.07, 6.45) is 1.17. The van der Waals surface area contributed by atoms with Crippen LogP contribution in [0, 0.1) is 13.8 Å². The van der Waals surface area contributed by atoms with E-state index in [9.17, 15) is 4.79 Å². The molecular formula is C11H16N2O2. The van der Waals surface area contributed by atoms with Crippen molar-refractivity contribution in [1.29, 1.82) is 0 Å². The molecule has 1 N–H and O–H groups in total. The zero-order valence-corrected chi connectivity index (χ0v) is 9.33. The Morgan fingerprint density at radius 3 is 2.67 bits per heavy atom. The number of hydrogen-bond acceptors (Lipinski definition) is 4. The van der Waals surface area contributed by atoms with E-state index in [0.717, 1.165) is 17.0 Å². The molecule has 0 aliphatic carbocycles. The second-order valence-corrected chi connectivity index (χ2v) is 4.31. The number of piperidine rings is 1. The monoisotopic (exact) mass is 208 g/mol. The zero-order chi connectivity index (χ0) is 11.0. The number of Topliss-reactive ketones (excluding diaryl/α,β-unsaturated/α-hetero) is 1. The highest BCUT2D eigenvalue weighted by molar-refractivity contribution is 5.80. The number of carbonyl (C=O) groups excluding carboxylic acids is 1. The maximum absolute atomic E-state index is 11.5. The van der Waals surface area contributed by atoms with E-state index in [-0.39, 0.29) is 12.1 Å². The summed E-state index contributed by atoms with van der Waals surface area (Å²) in [5, 5.41) is 7.33. The molecule has 2 unspecified atom stereocenters. The summed E-state index contributed by atoms with van der Waals surface area (Å²) in [4.78, 5) is 11.5. The molecule has 1 aromatic heterocycles. The molecule has 0 saturated carbocycles. The first-order valence-electron chi connectivity index (χ1n) is 5.28. The summed E-state index contributed by atoms with van der Waals surface area (Å²) in [5.74, 6) is 1.12. The first-order valence-corrected chi connectivity index (χ1v) is 5.28. The number of nitrogens with zero attached hydrogens (tertiary/aromatic N) is 1. The lowest BCUT2D eigenvalue weighted by molar-refractivity contribution is -0.121. The number of hydrogen-bond donors (Lipinski definition) is 1. The molecule has 1 fully saturated rings. The maximum Gasteiger partial charge on any atom is 0.138 e.